The van der Waals surface area contributed by atoms with Crippen molar-refractivity contribution in [3.63, 3.8) is 0 Å². The van der Waals surface area contributed by atoms with Gasteiger partial charge in [0.2, 0.25) is 5.91 Å². The molecule has 0 bridgehead atoms. The zero-order chi connectivity index (χ0) is 12.0. The van der Waals surface area contributed by atoms with Crippen LogP contribution in [0.1, 0.15) is 25.7 Å². The Morgan fingerprint density at radius 2 is 2.31 bits per heavy atom. The van der Waals surface area contributed by atoms with E-state index in [1.165, 1.54) is 0 Å². The number of aliphatic carboxylic acids is 1. The molecule has 6 nitrogen and oxygen atoms in total. The summed E-state index contributed by atoms with van der Waals surface area (Å²) in [6, 6.07) is -0.590. The van der Waals surface area contributed by atoms with E-state index in [2.05, 4.69) is 10.6 Å². The van der Waals surface area contributed by atoms with Gasteiger partial charge in [0, 0.05) is 19.0 Å². The molecule has 0 aromatic heterocycles. The molecule has 1 aliphatic rings. The maximum absolute atomic E-state index is 11.3. The summed E-state index contributed by atoms with van der Waals surface area (Å²) in [5.41, 5.74) is 5.29. The lowest BCUT2D eigenvalue weighted by Crippen LogP contribution is -2.38. The molecule has 92 valence electrons. The predicted octanol–water partition coefficient (Wildman–Crippen LogP) is -0.953. The molecule has 0 aromatic rings. The van der Waals surface area contributed by atoms with Crippen molar-refractivity contribution in [1.29, 1.82) is 0 Å². The molecule has 5 N–H and O–H groups in total. The van der Waals surface area contributed by atoms with Crippen LogP contribution in [0.3, 0.4) is 0 Å². The van der Waals surface area contributed by atoms with Crippen molar-refractivity contribution in [1.82, 2.24) is 10.6 Å². The predicted molar refractivity (Wildman–Crippen MR) is 58.9 cm³/mol. The highest BCUT2D eigenvalue weighted by Gasteiger charge is 2.16. The summed E-state index contributed by atoms with van der Waals surface area (Å²) in [5, 5.41) is 14.6. The first-order chi connectivity index (χ1) is 7.59. The quantitative estimate of drug-likeness (QED) is 0.470. The minimum atomic E-state index is -1.06. The molecule has 0 saturated carbocycles. The molecule has 1 aliphatic heterocycles. The average Bonchev–Trinajstić information content (AvgIpc) is 2.75. The van der Waals surface area contributed by atoms with Crippen LogP contribution in [0, 0.1) is 0 Å². The molecule has 1 amide bonds. The monoisotopic (exact) mass is 229 g/mol. The smallest absolute Gasteiger partial charge is 0.320 e. The third-order valence-corrected chi connectivity index (χ3v) is 2.71. The van der Waals surface area contributed by atoms with Gasteiger partial charge in [0.15, 0.2) is 0 Å². The molecule has 2 atom stereocenters. The van der Waals surface area contributed by atoms with Crippen LogP contribution in [-0.4, -0.2) is 42.2 Å². The second-order valence-corrected chi connectivity index (χ2v) is 4.08. The van der Waals surface area contributed by atoms with Crippen molar-refractivity contribution in [2.45, 2.75) is 37.8 Å². The Bertz CT molecular complexity index is 252. The lowest BCUT2D eigenvalue weighted by Gasteiger charge is -2.12. The maximum atomic E-state index is 11.3. The number of hydrogen-bond donors (Lipinski definition) is 4. The Kier molecular flexibility index (Phi) is 5.21. The van der Waals surface area contributed by atoms with Gasteiger partial charge in [0.05, 0.1) is 0 Å². The molecule has 16 heavy (non-hydrogen) atoms. The van der Waals surface area contributed by atoms with Crippen LogP contribution in [0.5, 0.6) is 0 Å². The van der Waals surface area contributed by atoms with Gasteiger partial charge in [-0.1, -0.05) is 0 Å². The van der Waals surface area contributed by atoms with Gasteiger partial charge < -0.3 is 21.5 Å². The van der Waals surface area contributed by atoms with Crippen molar-refractivity contribution < 1.29 is 14.7 Å². The highest BCUT2D eigenvalue weighted by atomic mass is 16.4. The van der Waals surface area contributed by atoms with Gasteiger partial charge >= 0.3 is 5.97 Å². The largest absolute Gasteiger partial charge is 0.480 e. The number of hydrogen-bond acceptors (Lipinski definition) is 4. The highest BCUT2D eigenvalue weighted by Crippen LogP contribution is 2.03. The SMILES string of the molecule is N[C@@H](CCC(=O)NC[C@@H]1CCCN1)C(=O)O. The fourth-order valence-electron chi connectivity index (χ4n) is 1.67. The van der Waals surface area contributed by atoms with Gasteiger partial charge in [-0.05, 0) is 25.8 Å². The summed E-state index contributed by atoms with van der Waals surface area (Å²) in [5.74, 6) is -1.20. The van der Waals surface area contributed by atoms with E-state index in [0.717, 1.165) is 19.4 Å². The van der Waals surface area contributed by atoms with Gasteiger partial charge in [-0.3, -0.25) is 9.59 Å². The highest BCUT2D eigenvalue weighted by molar-refractivity contribution is 5.78. The second-order valence-electron chi connectivity index (χ2n) is 4.08. The van der Waals surface area contributed by atoms with Crippen molar-refractivity contribution in [3.05, 3.63) is 0 Å². The van der Waals surface area contributed by atoms with Gasteiger partial charge in [-0.25, -0.2) is 0 Å². The van der Waals surface area contributed by atoms with Crippen LogP contribution < -0.4 is 16.4 Å². The van der Waals surface area contributed by atoms with Crippen LogP contribution in [-0.2, 0) is 9.59 Å². The fraction of sp³-hybridized carbons (Fsp3) is 0.800. The van der Waals surface area contributed by atoms with Crippen molar-refractivity contribution in [3.8, 4) is 0 Å². The zero-order valence-corrected chi connectivity index (χ0v) is 9.24. The van der Waals surface area contributed by atoms with Gasteiger partial charge in [0.1, 0.15) is 6.04 Å². The Morgan fingerprint density at radius 3 is 2.88 bits per heavy atom. The first-order valence-corrected chi connectivity index (χ1v) is 5.58. The summed E-state index contributed by atoms with van der Waals surface area (Å²) in [6.07, 6.45) is 2.57. The number of carboxylic acid groups (broad SMARTS) is 1. The van der Waals surface area contributed by atoms with E-state index in [9.17, 15) is 9.59 Å². The zero-order valence-electron chi connectivity index (χ0n) is 9.24. The van der Waals surface area contributed by atoms with Crippen molar-refractivity contribution in [2.24, 2.45) is 5.73 Å². The van der Waals surface area contributed by atoms with E-state index in [1.54, 1.807) is 0 Å². The van der Waals surface area contributed by atoms with E-state index >= 15 is 0 Å². The van der Waals surface area contributed by atoms with E-state index in [-0.39, 0.29) is 18.7 Å². The molecule has 1 saturated heterocycles. The maximum Gasteiger partial charge on any atom is 0.320 e. The number of carbonyl (C=O) groups excluding carboxylic acids is 1. The van der Waals surface area contributed by atoms with Crippen LogP contribution in [0.25, 0.3) is 0 Å². The molecule has 1 rings (SSSR count). The summed E-state index contributed by atoms with van der Waals surface area (Å²) in [6.45, 7) is 1.62. The third-order valence-electron chi connectivity index (χ3n) is 2.71. The van der Waals surface area contributed by atoms with Crippen LogP contribution in [0.4, 0.5) is 0 Å². The van der Waals surface area contributed by atoms with Gasteiger partial charge in [0.25, 0.3) is 0 Å². The fourth-order valence-corrected chi connectivity index (χ4v) is 1.67. The van der Waals surface area contributed by atoms with Crippen LogP contribution in [0.2, 0.25) is 0 Å². The van der Waals surface area contributed by atoms with E-state index < -0.39 is 12.0 Å². The lowest BCUT2D eigenvalue weighted by atomic mass is 10.1. The second kappa shape index (κ2) is 6.44. The van der Waals surface area contributed by atoms with Crippen LogP contribution >= 0.6 is 0 Å². The first kappa shape index (κ1) is 12.9. The molecule has 1 heterocycles. The summed E-state index contributed by atoms with van der Waals surface area (Å²) in [4.78, 5) is 21.8. The molecular weight excluding hydrogens is 210 g/mol. The average molecular weight is 229 g/mol. The normalized spacial score (nSPS) is 21.7. The van der Waals surface area contributed by atoms with E-state index in [1.807, 2.05) is 0 Å². The Morgan fingerprint density at radius 1 is 1.56 bits per heavy atom. The Balaban J connectivity index is 2.08. The minimum Gasteiger partial charge on any atom is -0.480 e. The molecule has 0 spiro atoms. The molecule has 0 aromatic carbocycles. The molecule has 0 aliphatic carbocycles. The number of nitrogens with two attached hydrogens (primary N) is 1. The number of carbonyl (C=O) groups is 2. The lowest BCUT2D eigenvalue weighted by molar-refractivity contribution is -0.138. The van der Waals surface area contributed by atoms with Crippen molar-refractivity contribution >= 4 is 11.9 Å². The number of nitrogens with one attached hydrogen (secondary N) is 2. The third kappa shape index (κ3) is 4.59. The number of rotatable bonds is 6. The number of carboxylic acids is 1. The van der Waals surface area contributed by atoms with Gasteiger partial charge in [-0.15, -0.1) is 0 Å². The molecule has 0 radical (unpaired) electrons. The number of amides is 1. The van der Waals surface area contributed by atoms with Crippen LogP contribution in [0.15, 0.2) is 0 Å². The molecule has 1 fully saturated rings. The minimum absolute atomic E-state index is 0.134. The Labute approximate surface area is 94.6 Å². The summed E-state index contributed by atoms with van der Waals surface area (Å²) < 4.78 is 0. The summed E-state index contributed by atoms with van der Waals surface area (Å²) >= 11 is 0. The Hall–Kier alpha value is -1.14. The van der Waals surface area contributed by atoms with E-state index in [0.29, 0.717) is 12.6 Å². The summed E-state index contributed by atoms with van der Waals surface area (Å²) in [7, 11) is 0. The molecule has 6 heteroatoms. The molecule has 0 unspecified atom stereocenters. The molecular formula is C10H19N3O3. The first-order valence-electron chi connectivity index (χ1n) is 5.58. The standard InChI is InChI=1S/C10H19N3O3/c11-8(10(15)16)3-4-9(14)13-6-7-2-1-5-12-7/h7-8,12H,1-6,11H2,(H,13,14)(H,15,16)/t7-,8-/m0/s1. The van der Waals surface area contributed by atoms with Crippen molar-refractivity contribution in [2.75, 3.05) is 13.1 Å². The topological polar surface area (TPSA) is 104 Å². The van der Waals surface area contributed by atoms with E-state index in [4.69, 9.17) is 10.8 Å². The van der Waals surface area contributed by atoms with Gasteiger partial charge in [-0.2, -0.15) is 0 Å².